The minimum absolute atomic E-state index is 0.0575. The van der Waals surface area contributed by atoms with E-state index in [1.807, 2.05) is 0 Å². The monoisotopic (exact) mass is 388 g/mol. The van der Waals surface area contributed by atoms with Gasteiger partial charge in [0.1, 0.15) is 10.8 Å². The standard InChI is InChI=1S/C17H20N6O3S/c1-17(3-4-17)5-6-19-13-11(14(18)24)8-20-23-9-10(7-12(13)23)15-21-22-16(26-15)27(2)25/h7-9,19H,3-6H2,1-2H3,(H2,18,24)/t27-/m1/s1. The molecular weight excluding hydrogens is 368 g/mol. The summed E-state index contributed by atoms with van der Waals surface area (Å²) >= 11 is 0. The maximum absolute atomic E-state index is 11.9. The molecule has 1 aliphatic carbocycles. The molecule has 0 radical (unpaired) electrons. The number of fused-ring (bicyclic) bond motifs is 1. The van der Waals surface area contributed by atoms with Crippen LogP contribution in [0.2, 0.25) is 0 Å². The second kappa shape index (κ2) is 6.45. The summed E-state index contributed by atoms with van der Waals surface area (Å²) in [6.45, 7) is 2.99. The lowest BCUT2D eigenvalue weighted by Crippen LogP contribution is -2.17. The Kier molecular flexibility index (Phi) is 4.22. The van der Waals surface area contributed by atoms with Crippen molar-refractivity contribution in [1.29, 1.82) is 0 Å². The van der Waals surface area contributed by atoms with E-state index >= 15 is 0 Å². The molecule has 0 aliphatic heterocycles. The van der Waals surface area contributed by atoms with Gasteiger partial charge in [0.25, 0.3) is 5.91 Å². The number of anilines is 1. The van der Waals surface area contributed by atoms with Crippen molar-refractivity contribution in [2.75, 3.05) is 18.1 Å². The summed E-state index contributed by atoms with van der Waals surface area (Å²) in [4.78, 5) is 11.9. The van der Waals surface area contributed by atoms with E-state index in [1.165, 1.54) is 25.3 Å². The van der Waals surface area contributed by atoms with Crippen molar-refractivity contribution in [3.05, 3.63) is 24.0 Å². The van der Waals surface area contributed by atoms with Crippen molar-refractivity contribution >= 4 is 27.9 Å². The SMILES string of the molecule is C[S@@](=O)c1nnc(-c2cc3c(NCCC4(C)CC4)c(C(N)=O)cnn3c2)o1. The Balaban J connectivity index is 1.71. The molecule has 10 heteroatoms. The van der Waals surface area contributed by atoms with Crippen LogP contribution in [0.1, 0.15) is 36.5 Å². The molecule has 0 unspecified atom stereocenters. The van der Waals surface area contributed by atoms with Gasteiger partial charge in [-0.2, -0.15) is 5.10 Å². The van der Waals surface area contributed by atoms with Crippen LogP contribution >= 0.6 is 0 Å². The van der Waals surface area contributed by atoms with Crippen LogP contribution in [0.15, 0.2) is 28.1 Å². The van der Waals surface area contributed by atoms with Gasteiger partial charge in [0, 0.05) is 19.0 Å². The van der Waals surface area contributed by atoms with E-state index in [9.17, 15) is 9.00 Å². The minimum Gasteiger partial charge on any atom is -0.409 e. The van der Waals surface area contributed by atoms with Crippen molar-refractivity contribution in [3.63, 3.8) is 0 Å². The van der Waals surface area contributed by atoms with Gasteiger partial charge in [-0.3, -0.25) is 4.79 Å². The van der Waals surface area contributed by atoms with E-state index in [1.54, 1.807) is 16.8 Å². The first-order valence-corrected chi connectivity index (χ1v) is 10.1. The molecule has 142 valence electrons. The van der Waals surface area contributed by atoms with Crippen molar-refractivity contribution in [2.45, 2.75) is 31.4 Å². The van der Waals surface area contributed by atoms with Gasteiger partial charge in [0.15, 0.2) is 0 Å². The zero-order valence-corrected chi connectivity index (χ0v) is 15.9. The molecule has 3 heterocycles. The number of nitrogens with two attached hydrogens (primary N) is 1. The fourth-order valence-electron chi connectivity index (χ4n) is 2.94. The van der Waals surface area contributed by atoms with Crippen LogP contribution < -0.4 is 11.1 Å². The van der Waals surface area contributed by atoms with Gasteiger partial charge >= 0.3 is 5.22 Å². The van der Waals surface area contributed by atoms with Crippen LogP contribution in [0.25, 0.3) is 17.0 Å². The van der Waals surface area contributed by atoms with Crippen molar-refractivity contribution < 1.29 is 13.4 Å². The molecule has 1 atom stereocenters. The first-order valence-electron chi connectivity index (χ1n) is 8.59. The van der Waals surface area contributed by atoms with E-state index in [0.717, 1.165) is 13.0 Å². The number of carbonyl (C=O) groups excluding carboxylic acids is 1. The van der Waals surface area contributed by atoms with Crippen LogP contribution in [0, 0.1) is 5.41 Å². The number of primary amides is 1. The maximum Gasteiger partial charge on any atom is 0.307 e. The predicted molar refractivity (Wildman–Crippen MR) is 99.8 cm³/mol. The molecule has 0 bridgehead atoms. The Hall–Kier alpha value is -2.75. The summed E-state index contributed by atoms with van der Waals surface area (Å²) in [6, 6.07) is 1.79. The second-order valence-corrected chi connectivity index (χ2v) is 8.43. The fraction of sp³-hybridized carbons (Fsp3) is 0.412. The number of amides is 1. The number of nitrogens with one attached hydrogen (secondary N) is 1. The third-order valence-electron chi connectivity index (χ3n) is 4.94. The molecule has 0 spiro atoms. The lowest BCUT2D eigenvalue weighted by Gasteiger charge is -2.13. The highest BCUT2D eigenvalue weighted by molar-refractivity contribution is 7.84. The number of hydrogen-bond donors (Lipinski definition) is 2. The molecule has 0 saturated heterocycles. The quantitative estimate of drug-likeness (QED) is 0.631. The Morgan fingerprint density at radius 3 is 2.85 bits per heavy atom. The third kappa shape index (κ3) is 3.44. The van der Waals surface area contributed by atoms with E-state index in [2.05, 4.69) is 27.5 Å². The molecule has 1 amide bonds. The molecule has 4 rings (SSSR count). The molecule has 3 aromatic rings. The van der Waals surface area contributed by atoms with E-state index < -0.39 is 16.7 Å². The van der Waals surface area contributed by atoms with Gasteiger partial charge < -0.3 is 15.5 Å². The third-order valence-corrected chi connectivity index (χ3v) is 5.59. The maximum atomic E-state index is 11.9. The molecule has 0 aromatic carbocycles. The molecule has 27 heavy (non-hydrogen) atoms. The summed E-state index contributed by atoms with van der Waals surface area (Å²) in [6.07, 6.45) is 8.11. The van der Waals surface area contributed by atoms with Crippen LogP contribution in [0.3, 0.4) is 0 Å². The fourth-order valence-corrected chi connectivity index (χ4v) is 3.29. The van der Waals surface area contributed by atoms with Crippen LogP contribution in [-0.2, 0) is 10.8 Å². The van der Waals surface area contributed by atoms with E-state index in [-0.39, 0.29) is 11.1 Å². The van der Waals surface area contributed by atoms with Crippen molar-refractivity contribution in [2.24, 2.45) is 11.1 Å². The van der Waals surface area contributed by atoms with Crippen LogP contribution in [0.5, 0.6) is 0 Å². The molecule has 1 saturated carbocycles. The highest BCUT2D eigenvalue weighted by Gasteiger charge is 2.36. The van der Waals surface area contributed by atoms with Gasteiger partial charge in [-0.15, -0.1) is 5.10 Å². The Labute approximate surface area is 157 Å². The second-order valence-electron chi connectivity index (χ2n) is 7.17. The van der Waals surface area contributed by atoms with Gasteiger partial charge in [-0.05, 0) is 30.7 Å². The summed E-state index contributed by atoms with van der Waals surface area (Å²) in [5.41, 5.74) is 8.18. The van der Waals surface area contributed by atoms with E-state index in [4.69, 9.17) is 10.2 Å². The zero-order valence-electron chi connectivity index (χ0n) is 15.1. The lowest BCUT2D eigenvalue weighted by atomic mass is 10.1. The largest absolute Gasteiger partial charge is 0.409 e. The molecule has 9 nitrogen and oxygen atoms in total. The zero-order chi connectivity index (χ0) is 19.2. The van der Waals surface area contributed by atoms with Gasteiger partial charge in [-0.1, -0.05) is 12.0 Å². The molecular formula is C17H20N6O3S. The minimum atomic E-state index is -1.36. The summed E-state index contributed by atoms with van der Waals surface area (Å²) in [5, 5.41) is 15.4. The lowest BCUT2D eigenvalue weighted by molar-refractivity contribution is 0.100. The summed E-state index contributed by atoms with van der Waals surface area (Å²) < 4.78 is 18.5. The Bertz CT molecular complexity index is 1050. The van der Waals surface area contributed by atoms with Gasteiger partial charge in [-0.25, -0.2) is 8.72 Å². The highest BCUT2D eigenvalue weighted by atomic mass is 32.2. The Morgan fingerprint density at radius 2 is 2.22 bits per heavy atom. The number of aromatic nitrogens is 4. The number of carbonyl (C=O) groups is 1. The average Bonchev–Trinajstić information content (AvgIpc) is 3.04. The van der Waals surface area contributed by atoms with Crippen LogP contribution in [0.4, 0.5) is 5.69 Å². The predicted octanol–water partition coefficient (Wildman–Crippen LogP) is 1.82. The first-order chi connectivity index (χ1) is 12.9. The summed E-state index contributed by atoms with van der Waals surface area (Å²) in [5.74, 6) is -0.308. The topological polar surface area (TPSA) is 128 Å². The molecule has 1 fully saturated rings. The van der Waals surface area contributed by atoms with Crippen molar-refractivity contribution in [3.8, 4) is 11.5 Å². The molecule has 3 aromatic heterocycles. The normalized spacial score (nSPS) is 16.4. The number of rotatable bonds is 7. The Morgan fingerprint density at radius 1 is 1.44 bits per heavy atom. The molecule has 3 N–H and O–H groups in total. The highest BCUT2D eigenvalue weighted by Crippen LogP contribution is 2.48. The summed E-state index contributed by atoms with van der Waals surface area (Å²) in [7, 11) is -1.36. The number of hydrogen-bond acceptors (Lipinski definition) is 7. The smallest absolute Gasteiger partial charge is 0.307 e. The number of nitrogens with zero attached hydrogens (tertiary/aromatic N) is 4. The first kappa shape index (κ1) is 17.7. The van der Waals surface area contributed by atoms with Crippen LogP contribution in [-0.4, -0.2) is 42.7 Å². The van der Waals surface area contributed by atoms with Crippen molar-refractivity contribution in [1.82, 2.24) is 19.8 Å². The van der Waals surface area contributed by atoms with Gasteiger partial charge in [0.05, 0.1) is 28.5 Å². The average molecular weight is 388 g/mol. The van der Waals surface area contributed by atoms with Gasteiger partial charge in [0.2, 0.25) is 5.89 Å². The molecule has 1 aliphatic rings. The van der Waals surface area contributed by atoms with E-state index in [0.29, 0.717) is 27.7 Å².